The van der Waals surface area contributed by atoms with E-state index in [9.17, 15) is 9.59 Å². The van der Waals surface area contributed by atoms with Gasteiger partial charge in [-0.25, -0.2) is 4.68 Å². The van der Waals surface area contributed by atoms with E-state index in [2.05, 4.69) is 26.7 Å². The molecule has 0 atom stereocenters. The molecule has 4 rings (SSSR count). The molecule has 196 valence electrons. The van der Waals surface area contributed by atoms with Crippen molar-refractivity contribution in [3.8, 4) is 0 Å². The van der Waals surface area contributed by atoms with Gasteiger partial charge in [0, 0.05) is 44.7 Å². The fraction of sp³-hybridized carbons (Fsp3) is 0.600. The summed E-state index contributed by atoms with van der Waals surface area (Å²) in [5, 5.41) is 12.2. The van der Waals surface area contributed by atoms with Gasteiger partial charge in [-0.1, -0.05) is 34.5 Å². The second kappa shape index (κ2) is 12.9. The molecule has 1 aromatic carbocycles. The number of nitrogens with zero attached hydrogens (tertiary/aromatic N) is 5. The number of ether oxygens (including phenoxy) is 1. The van der Waals surface area contributed by atoms with Crippen molar-refractivity contribution in [2.24, 2.45) is 5.92 Å². The van der Waals surface area contributed by atoms with Crippen LogP contribution in [0.4, 0.5) is 5.69 Å². The smallest absolute Gasteiger partial charge is 0.244 e. The Morgan fingerprint density at radius 3 is 2.50 bits per heavy atom. The molecule has 2 aliphatic rings. The summed E-state index contributed by atoms with van der Waals surface area (Å²) in [6.45, 7) is 6.80. The van der Waals surface area contributed by atoms with E-state index in [1.54, 1.807) is 23.1 Å². The zero-order valence-electron chi connectivity index (χ0n) is 20.7. The Hall–Kier alpha value is -2.20. The van der Waals surface area contributed by atoms with Crippen LogP contribution in [-0.4, -0.2) is 82.5 Å². The maximum atomic E-state index is 13.2. The number of likely N-dealkylation sites (N-methyl/N-ethyl adjacent to an activating group) is 1. The maximum absolute atomic E-state index is 13.2. The summed E-state index contributed by atoms with van der Waals surface area (Å²) >= 11 is 12.3. The first-order valence-corrected chi connectivity index (χ1v) is 13.4. The first-order chi connectivity index (χ1) is 17.4. The lowest BCUT2D eigenvalue weighted by atomic mass is 9.85. The number of hydrogen-bond acceptors (Lipinski definition) is 6. The van der Waals surface area contributed by atoms with E-state index in [0.717, 1.165) is 70.6 Å². The zero-order chi connectivity index (χ0) is 25.5. The fourth-order valence-corrected chi connectivity index (χ4v) is 5.36. The summed E-state index contributed by atoms with van der Waals surface area (Å²) in [5.74, 6) is -0.399. The first kappa shape index (κ1) is 26.9. The Kier molecular flexibility index (Phi) is 9.59. The Labute approximate surface area is 222 Å². The minimum Gasteiger partial charge on any atom is -0.379 e. The average molecular weight is 537 g/mol. The molecule has 1 aliphatic heterocycles. The number of aromatic nitrogens is 3. The molecule has 0 radical (unpaired) electrons. The van der Waals surface area contributed by atoms with Gasteiger partial charge in [-0.05, 0) is 44.7 Å². The predicted octanol–water partition coefficient (Wildman–Crippen LogP) is 3.68. The number of carbonyl (C=O) groups excluding carboxylic acids is 2. The summed E-state index contributed by atoms with van der Waals surface area (Å²) in [5.41, 5.74) is 1.37. The predicted molar refractivity (Wildman–Crippen MR) is 139 cm³/mol. The molecule has 0 unspecified atom stereocenters. The van der Waals surface area contributed by atoms with Crippen molar-refractivity contribution >= 4 is 40.7 Å². The SMILES string of the molecule is CCN(CC(=O)Nc1c(Cl)cccc1Cl)C(=O)C1CCC(n2cc(CCN3CCOCC3)nn2)CC1. The Morgan fingerprint density at radius 1 is 1.14 bits per heavy atom. The second-order valence-electron chi connectivity index (χ2n) is 9.40. The molecule has 1 saturated heterocycles. The van der Waals surface area contributed by atoms with Gasteiger partial charge in [-0.15, -0.1) is 5.10 Å². The van der Waals surface area contributed by atoms with E-state index < -0.39 is 0 Å². The molecule has 36 heavy (non-hydrogen) atoms. The Bertz CT molecular complexity index is 1010. The highest BCUT2D eigenvalue weighted by Gasteiger charge is 2.31. The molecule has 1 aromatic heterocycles. The number of carbonyl (C=O) groups is 2. The maximum Gasteiger partial charge on any atom is 0.244 e. The molecule has 1 N–H and O–H groups in total. The van der Waals surface area contributed by atoms with Crippen LogP contribution >= 0.6 is 23.2 Å². The number of rotatable bonds is 9. The van der Waals surface area contributed by atoms with Crippen LogP contribution in [0, 0.1) is 5.92 Å². The van der Waals surface area contributed by atoms with E-state index in [1.807, 2.05) is 11.6 Å². The van der Waals surface area contributed by atoms with Crippen LogP contribution < -0.4 is 5.32 Å². The van der Waals surface area contributed by atoms with E-state index in [-0.39, 0.29) is 30.3 Å². The molecule has 2 aromatic rings. The van der Waals surface area contributed by atoms with E-state index >= 15 is 0 Å². The molecule has 2 amide bonds. The number of amides is 2. The van der Waals surface area contributed by atoms with Crippen LogP contribution in [0.3, 0.4) is 0 Å². The highest BCUT2D eigenvalue weighted by atomic mass is 35.5. The van der Waals surface area contributed by atoms with E-state index in [1.165, 1.54) is 0 Å². The van der Waals surface area contributed by atoms with Crippen molar-refractivity contribution in [3.05, 3.63) is 40.1 Å². The standard InChI is InChI=1S/C25H34Cl2N6O3/c1-2-32(17-23(34)28-24-21(26)4-3-5-22(24)27)25(35)18-6-8-20(9-7-18)33-16-19(29-30-33)10-11-31-12-14-36-15-13-31/h3-5,16,18,20H,2,6-15,17H2,1H3,(H,28,34). The third kappa shape index (κ3) is 6.97. The summed E-state index contributed by atoms with van der Waals surface area (Å²) < 4.78 is 7.37. The molecule has 1 aliphatic carbocycles. The van der Waals surface area contributed by atoms with Crippen LogP contribution in [0.25, 0.3) is 0 Å². The van der Waals surface area contributed by atoms with Gasteiger partial charge in [-0.3, -0.25) is 14.5 Å². The average Bonchev–Trinajstić information content (AvgIpc) is 3.38. The van der Waals surface area contributed by atoms with Gasteiger partial charge in [-0.2, -0.15) is 0 Å². The molecule has 1 saturated carbocycles. The minimum atomic E-state index is -0.318. The molecule has 0 spiro atoms. The number of hydrogen-bond donors (Lipinski definition) is 1. The molecule has 0 bridgehead atoms. The highest BCUT2D eigenvalue weighted by Crippen LogP contribution is 2.33. The number of nitrogens with one attached hydrogen (secondary N) is 1. The van der Waals surface area contributed by atoms with Crippen LogP contribution in [-0.2, 0) is 20.7 Å². The van der Waals surface area contributed by atoms with E-state index in [0.29, 0.717) is 22.3 Å². The zero-order valence-corrected chi connectivity index (χ0v) is 22.2. The molecule has 11 heteroatoms. The quantitative estimate of drug-likeness (QED) is 0.525. The monoisotopic (exact) mass is 536 g/mol. The third-order valence-electron chi connectivity index (χ3n) is 7.02. The third-order valence-corrected chi connectivity index (χ3v) is 7.65. The minimum absolute atomic E-state index is 0.0150. The van der Waals surface area contributed by atoms with Gasteiger partial charge in [0.05, 0.1) is 47.2 Å². The number of morpholine rings is 1. The Morgan fingerprint density at radius 2 is 1.83 bits per heavy atom. The Balaban J connectivity index is 1.24. The van der Waals surface area contributed by atoms with E-state index in [4.69, 9.17) is 27.9 Å². The first-order valence-electron chi connectivity index (χ1n) is 12.7. The van der Waals surface area contributed by atoms with Crippen LogP contribution in [0.2, 0.25) is 10.0 Å². The highest BCUT2D eigenvalue weighted by molar-refractivity contribution is 6.39. The lowest BCUT2D eigenvalue weighted by molar-refractivity contribution is -0.139. The second-order valence-corrected chi connectivity index (χ2v) is 10.2. The number of benzene rings is 1. The lowest BCUT2D eigenvalue weighted by Gasteiger charge is -2.31. The van der Waals surface area contributed by atoms with Crippen molar-refractivity contribution in [1.29, 1.82) is 0 Å². The van der Waals surface area contributed by atoms with Crippen molar-refractivity contribution in [1.82, 2.24) is 24.8 Å². The van der Waals surface area contributed by atoms with Crippen molar-refractivity contribution in [3.63, 3.8) is 0 Å². The molecule has 2 heterocycles. The number of halogens is 2. The summed E-state index contributed by atoms with van der Waals surface area (Å²) in [7, 11) is 0. The summed E-state index contributed by atoms with van der Waals surface area (Å²) in [6.07, 6.45) is 6.18. The van der Waals surface area contributed by atoms with Gasteiger partial charge in [0.25, 0.3) is 0 Å². The number of anilines is 1. The topological polar surface area (TPSA) is 92.6 Å². The van der Waals surface area contributed by atoms with Gasteiger partial charge in [0.2, 0.25) is 11.8 Å². The summed E-state index contributed by atoms with van der Waals surface area (Å²) in [4.78, 5) is 29.8. The van der Waals surface area contributed by atoms with Gasteiger partial charge < -0.3 is 15.0 Å². The normalized spacial score (nSPS) is 20.8. The lowest BCUT2D eigenvalue weighted by Crippen LogP contribution is -2.42. The van der Waals surface area contributed by atoms with Crippen molar-refractivity contribution in [2.75, 3.05) is 51.3 Å². The van der Waals surface area contributed by atoms with Crippen LogP contribution in [0.1, 0.15) is 44.3 Å². The molecule has 9 nitrogen and oxygen atoms in total. The van der Waals surface area contributed by atoms with Crippen molar-refractivity contribution < 1.29 is 14.3 Å². The largest absolute Gasteiger partial charge is 0.379 e. The van der Waals surface area contributed by atoms with Crippen molar-refractivity contribution in [2.45, 2.75) is 45.1 Å². The molecular weight excluding hydrogens is 503 g/mol. The van der Waals surface area contributed by atoms with Gasteiger partial charge >= 0.3 is 0 Å². The molecule has 2 fully saturated rings. The van der Waals surface area contributed by atoms with Gasteiger partial charge in [0.15, 0.2) is 0 Å². The molecular formula is C25H34Cl2N6O3. The fourth-order valence-electron chi connectivity index (χ4n) is 4.86. The van der Waals surface area contributed by atoms with Gasteiger partial charge in [0.1, 0.15) is 0 Å². The van der Waals surface area contributed by atoms with Crippen LogP contribution in [0.15, 0.2) is 24.4 Å². The number of para-hydroxylation sites is 1. The summed E-state index contributed by atoms with van der Waals surface area (Å²) in [6, 6.07) is 5.28. The van der Waals surface area contributed by atoms with Crippen LogP contribution in [0.5, 0.6) is 0 Å².